The number of phenols is 1. The molecule has 0 atom stereocenters. The van der Waals surface area contributed by atoms with Gasteiger partial charge in [-0.2, -0.15) is 0 Å². The zero-order valence-electron chi connectivity index (χ0n) is 10.2. The van der Waals surface area contributed by atoms with Crippen molar-refractivity contribution in [2.24, 2.45) is 0 Å². The highest BCUT2D eigenvalue weighted by molar-refractivity contribution is 6.00. The lowest BCUT2D eigenvalue weighted by atomic mass is 9.99. The highest BCUT2D eigenvalue weighted by Gasteiger charge is 2.19. The number of carbonyl (C=O) groups excluding carboxylic acids is 1. The monoisotopic (exact) mass is 257 g/mol. The molecule has 0 bridgehead atoms. The van der Waals surface area contributed by atoms with Crippen LogP contribution in [0, 0.1) is 10.1 Å². The van der Waals surface area contributed by atoms with Crippen molar-refractivity contribution in [3.8, 4) is 16.9 Å². The molecule has 0 saturated heterocycles. The molecule has 0 radical (unpaired) electrons. The van der Waals surface area contributed by atoms with Crippen LogP contribution < -0.4 is 0 Å². The molecular weight excluding hydrogens is 246 g/mol. The largest absolute Gasteiger partial charge is 0.507 e. The smallest absolute Gasteiger partial charge is 0.271 e. The average molecular weight is 257 g/mol. The van der Waals surface area contributed by atoms with Gasteiger partial charge >= 0.3 is 0 Å². The Kier molecular flexibility index (Phi) is 3.29. The lowest BCUT2D eigenvalue weighted by Crippen LogP contribution is -1.98. The third-order valence-corrected chi connectivity index (χ3v) is 2.77. The molecule has 5 heteroatoms. The molecule has 96 valence electrons. The van der Waals surface area contributed by atoms with Gasteiger partial charge in [0.2, 0.25) is 0 Å². The Morgan fingerprint density at radius 2 is 1.84 bits per heavy atom. The van der Waals surface area contributed by atoms with Gasteiger partial charge in [0.05, 0.1) is 10.5 Å². The number of benzene rings is 2. The van der Waals surface area contributed by atoms with Crippen molar-refractivity contribution in [3.05, 3.63) is 58.1 Å². The number of nitro benzene ring substituents is 1. The molecule has 0 aromatic heterocycles. The van der Waals surface area contributed by atoms with Gasteiger partial charge in [-0.25, -0.2) is 0 Å². The number of phenolic OH excluding ortho intramolecular Hbond substituents is 1. The zero-order valence-corrected chi connectivity index (χ0v) is 10.2. The van der Waals surface area contributed by atoms with Crippen LogP contribution in [0.25, 0.3) is 11.1 Å². The molecule has 2 aromatic carbocycles. The fourth-order valence-corrected chi connectivity index (χ4v) is 1.83. The van der Waals surface area contributed by atoms with Crippen LogP contribution in [0.3, 0.4) is 0 Å². The Labute approximate surface area is 109 Å². The van der Waals surface area contributed by atoms with E-state index in [9.17, 15) is 20.0 Å². The van der Waals surface area contributed by atoms with Crippen molar-refractivity contribution in [3.63, 3.8) is 0 Å². The van der Waals surface area contributed by atoms with Crippen molar-refractivity contribution in [1.29, 1.82) is 0 Å². The van der Waals surface area contributed by atoms with E-state index in [1.54, 1.807) is 30.3 Å². The summed E-state index contributed by atoms with van der Waals surface area (Å²) < 4.78 is 0. The Balaban J connectivity index is 2.73. The highest BCUT2D eigenvalue weighted by Crippen LogP contribution is 2.36. The van der Waals surface area contributed by atoms with E-state index in [4.69, 9.17) is 0 Å². The van der Waals surface area contributed by atoms with Crippen LogP contribution in [0.5, 0.6) is 5.75 Å². The number of rotatable bonds is 3. The minimum atomic E-state index is -0.585. The SMILES string of the molecule is CC(=O)c1cc([N+](=O)[O-])cc(-c2ccccc2)c1O. The van der Waals surface area contributed by atoms with Crippen molar-refractivity contribution < 1.29 is 14.8 Å². The minimum absolute atomic E-state index is 0.0481. The topological polar surface area (TPSA) is 80.4 Å². The van der Waals surface area contributed by atoms with E-state index in [-0.39, 0.29) is 22.6 Å². The van der Waals surface area contributed by atoms with Crippen molar-refractivity contribution >= 4 is 11.5 Å². The van der Waals surface area contributed by atoms with E-state index in [2.05, 4.69) is 0 Å². The Morgan fingerprint density at radius 1 is 1.21 bits per heavy atom. The second-order valence-electron chi connectivity index (χ2n) is 4.07. The molecular formula is C14H11NO4. The second kappa shape index (κ2) is 4.89. The molecule has 0 saturated carbocycles. The normalized spacial score (nSPS) is 10.2. The number of aromatic hydroxyl groups is 1. The van der Waals surface area contributed by atoms with Gasteiger partial charge in [-0.15, -0.1) is 0 Å². The van der Waals surface area contributed by atoms with Gasteiger partial charge < -0.3 is 5.11 Å². The lowest BCUT2D eigenvalue weighted by Gasteiger charge is -2.08. The Morgan fingerprint density at radius 3 is 2.37 bits per heavy atom. The third-order valence-electron chi connectivity index (χ3n) is 2.77. The highest BCUT2D eigenvalue weighted by atomic mass is 16.6. The Hall–Kier alpha value is -2.69. The number of Topliss-reactive ketones (excluding diaryl/α,β-unsaturated/α-hetero) is 1. The van der Waals surface area contributed by atoms with Crippen LogP contribution in [0.4, 0.5) is 5.69 Å². The summed E-state index contributed by atoms with van der Waals surface area (Å²) in [4.78, 5) is 21.7. The molecule has 1 N–H and O–H groups in total. The van der Waals surface area contributed by atoms with Gasteiger partial charge in [-0.05, 0) is 12.5 Å². The van der Waals surface area contributed by atoms with Gasteiger partial charge in [0, 0.05) is 17.7 Å². The van der Waals surface area contributed by atoms with Crippen LogP contribution in [-0.4, -0.2) is 15.8 Å². The molecule has 19 heavy (non-hydrogen) atoms. The van der Waals surface area contributed by atoms with E-state index in [0.717, 1.165) is 6.07 Å². The summed E-state index contributed by atoms with van der Waals surface area (Å²) in [6.45, 7) is 1.26. The standard InChI is InChI=1S/C14H11NO4/c1-9(16)12-7-11(15(18)19)8-13(14(12)17)10-5-3-2-4-6-10/h2-8,17H,1H3. The molecule has 0 aliphatic rings. The minimum Gasteiger partial charge on any atom is -0.507 e. The van der Waals surface area contributed by atoms with Crippen LogP contribution in [0.15, 0.2) is 42.5 Å². The number of non-ortho nitro benzene ring substituents is 1. The first-order valence-electron chi connectivity index (χ1n) is 5.58. The fourth-order valence-electron chi connectivity index (χ4n) is 1.83. The summed E-state index contributed by atoms with van der Waals surface area (Å²) in [6, 6.07) is 11.1. The molecule has 0 aliphatic carbocycles. The molecule has 2 rings (SSSR count). The maximum Gasteiger partial charge on any atom is 0.271 e. The number of hydrogen-bond donors (Lipinski definition) is 1. The van der Waals surface area contributed by atoms with Gasteiger partial charge in [0.15, 0.2) is 5.78 Å². The van der Waals surface area contributed by atoms with Gasteiger partial charge in [-0.1, -0.05) is 30.3 Å². The molecule has 2 aromatic rings. The number of nitrogens with zero attached hydrogens (tertiary/aromatic N) is 1. The van der Waals surface area contributed by atoms with Gasteiger partial charge in [0.25, 0.3) is 5.69 Å². The lowest BCUT2D eigenvalue weighted by molar-refractivity contribution is -0.384. The van der Waals surface area contributed by atoms with Gasteiger partial charge in [0.1, 0.15) is 5.75 Å². The number of carbonyl (C=O) groups is 1. The van der Waals surface area contributed by atoms with Gasteiger partial charge in [-0.3, -0.25) is 14.9 Å². The van der Waals surface area contributed by atoms with Crippen LogP contribution >= 0.6 is 0 Å². The molecule has 0 amide bonds. The van der Waals surface area contributed by atoms with Crippen LogP contribution in [0.1, 0.15) is 17.3 Å². The summed E-state index contributed by atoms with van der Waals surface area (Å²) in [7, 11) is 0. The van der Waals surface area contributed by atoms with Crippen LogP contribution in [-0.2, 0) is 0 Å². The van der Waals surface area contributed by atoms with E-state index in [0.29, 0.717) is 5.56 Å². The second-order valence-corrected chi connectivity index (χ2v) is 4.07. The molecule has 0 fully saturated rings. The molecule has 5 nitrogen and oxygen atoms in total. The average Bonchev–Trinajstić information content (AvgIpc) is 2.39. The third kappa shape index (κ3) is 2.44. The zero-order chi connectivity index (χ0) is 14.0. The molecule has 0 aliphatic heterocycles. The predicted octanol–water partition coefficient (Wildman–Crippen LogP) is 3.17. The predicted molar refractivity (Wildman–Crippen MR) is 70.2 cm³/mol. The summed E-state index contributed by atoms with van der Waals surface area (Å²) in [5.41, 5.74) is 0.626. The van der Waals surface area contributed by atoms with E-state index >= 15 is 0 Å². The number of hydrogen-bond acceptors (Lipinski definition) is 4. The summed E-state index contributed by atoms with van der Waals surface area (Å²) in [5, 5.41) is 21.0. The molecule has 0 heterocycles. The maximum atomic E-state index is 11.4. The van der Waals surface area contributed by atoms with Crippen molar-refractivity contribution in [2.45, 2.75) is 6.92 Å². The fraction of sp³-hybridized carbons (Fsp3) is 0.0714. The van der Waals surface area contributed by atoms with Crippen molar-refractivity contribution in [1.82, 2.24) is 0 Å². The quantitative estimate of drug-likeness (QED) is 0.520. The van der Waals surface area contributed by atoms with E-state index < -0.39 is 10.7 Å². The first-order valence-corrected chi connectivity index (χ1v) is 5.58. The molecule has 0 spiro atoms. The maximum absolute atomic E-state index is 11.4. The number of ketones is 1. The first kappa shape index (κ1) is 12.8. The van der Waals surface area contributed by atoms with E-state index in [1.807, 2.05) is 0 Å². The Bertz CT molecular complexity index is 650. The van der Waals surface area contributed by atoms with Crippen LogP contribution in [0.2, 0.25) is 0 Å². The number of nitro groups is 1. The van der Waals surface area contributed by atoms with E-state index in [1.165, 1.54) is 13.0 Å². The van der Waals surface area contributed by atoms with Crippen molar-refractivity contribution in [2.75, 3.05) is 0 Å². The summed E-state index contributed by atoms with van der Waals surface area (Å²) >= 11 is 0. The summed E-state index contributed by atoms with van der Waals surface area (Å²) in [5.74, 6) is -0.650. The first-order chi connectivity index (χ1) is 9.00. The molecule has 0 unspecified atom stereocenters. The summed E-state index contributed by atoms with van der Waals surface area (Å²) in [6.07, 6.45) is 0.